The Morgan fingerprint density at radius 1 is 1.10 bits per heavy atom. The van der Waals surface area contributed by atoms with Gasteiger partial charge in [0, 0.05) is 0 Å². The molecule has 11 nitrogen and oxygen atoms in total. The summed E-state index contributed by atoms with van der Waals surface area (Å²) in [6.07, 6.45) is -0.839. The van der Waals surface area contributed by atoms with Crippen LogP contribution >= 0.6 is 0 Å². The van der Waals surface area contributed by atoms with Gasteiger partial charge in [-0.1, -0.05) is 47.6 Å². The van der Waals surface area contributed by atoms with Crippen LogP contribution in [0.5, 0.6) is 5.75 Å². The number of aliphatic hydroxyl groups is 1. The average molecular weight is 426 g/mol. The number of nitrogens with one attached hydrogen (secondary N) is 2. The van der Waals surface area contributed by atoms with Gasteiger partial charge in [-0.2, -0.15) is 4.80 Å². The van der Waals surface area contributed by atoms with Crippen LogP contribution in [0, 0.1) is 0 Å². The number of carbonyl (C=O) groups excluding carboxylic acids is 2. The fourth-order valence-electron chi connectivity index (χ4n) is 2.55. The molecule has 162 valence electrons. The summed E-state index contributed by atoms with van der Waals surface area (Å²) < 4.78 is 10.2. The normalized spacial score (nSPS) is 11.4. The fraction of sp³-hybridized carbons (Fsp3) is 0.250. The van der Waals surface area contributed by atoms with Crippen LogP contribution in [-0.4, -0.2) is 57.1 Å². The Labute approximate surface area is 178 Å². The van der Waals surface area contributed by atoms with Crippen LogP contribution in [-0.2, 0) is 22.7 Å². The number of ether oxygens (including phenoxy) is 2. The minimum absolute atomic E-state index is 0.0354. The van der Waals surface area contributed by atoms with Crippen molar-refractivity contribution in [1.82, 2.24) is 25.5 Å². The Kier molecular flexibility index (Phi) is 7.49. The molecule has 0 aliphatic rings. The molecule has 0 saturated carbocycles. The number of tetrazole rings is 1. The molecule has 1 heterocycles. The van der Waals surface area contributed by atoms with E-state index in [0.717, 1.165) is 16.9 Å². The highest BCUT2D eigenvalue weighted by Crippen LogP contribution is 2.12. The van der Waals surface area contributed by atoms with E-state index in [1.165, 1.54) is 4.80 Å². The Hall–Kier alpha value is -3.99. The predicted molar refractivity (Wildman–Crippen MR) is 109 cm³/mol. The number of alkyl carbamates (subject to hydrolysis) is 1. The predicted octanol–water partition coefficient (Wildman–Crippen LogP) is 0.956. The van der Waals surface area contributed by atoms with E-state index in [0.29, 0.717) is 6.54 Å². The van der Waals surface area contributed by atoms with Gasteiger partial charge in [-0.3, -0.25) is 10.1 Å². The standard InChI is InChI=1S/C20H22N6O5/c1-30-16-9-7-14(8-10-16)11-26-24-19(23-25-26)22-18(28)17(12-27)21-20(29)31-13-15-5-3-2-4-6-15/h2-10,17,27H,11-13H2,1H3,(H,21,29)(H,22,24,28)/t17-/m0/s1. The minimum atomic E-state index is -1.24. The number of aliphatic hydroxyl groups excluding tert-OH is 1. The summed E-state index contributed by atoms with van der Waals surface area (Å²) in [5.41, 5.74) is 1.70. The van der Waals surface area contributed by atoms with Crippen LogP contribution in [0.4, 0.5) is 10.7 Å². The van der Waals surface area contributed by atoms with Crippen LogP contribution in [0.2, 0.25) is 0 Å². The maximum Gasteiger partial charge on any atom is 0.408 e. The lowest BCUT2D eigenvalue weighted by Crippen LogP contribution is -2.46. The van der Waals surface area contributed by atoms with Gasteiger partial charge in [0.1, 0.15) is 18.4 Å². The summed E-state index contributed by atoms with van der Waals surface area (Å²) in [7, 11) is 1.58. The first-order valence-electron chi connectivity index (χ1n) is 9.37. The molecule has 1 aromatic heterocycles. The van der Waals surface area contributed by atoms with Gasteiger partial charge in [0.05, 0.1) is 20.3 Å². The van der Waals surface area contributed by atoms with Crippen LogP contribution < -0.4 is 15.4 Å². The molecule has 0 aliphatic carbocycles. The Balaban J connectivity index is 1.50. The third kappa shape index (κ3) is 6.51. The van der Waals surface area contributed by atoms with E-state index in [-0.39, 0.29) is 12.6 Å². The molecule has 31 heavy (non-hydrogen) atoms. The second-order valence-electron chi connectivity index (χ2n) is 6.42. The van der Waals surface area contributed by atoms with Gasteiger partial charge in [-0.25, -0.2) is 4.79 Å². The van der Waals surface area contributed by atoms with Crippen LogP contribution in [0.3, 0.4) is 0 Å². The molecule has 0 unspecified atom stereocenters. The number of anilines is 1. The van der Waals surface area contributed by atoms with Gasteiger partial charge < -0.3 is 19.9 Å². The highest BCUT2D eigenvalue weighted by Gasteiger charge is 2.22. The summed E-state index contributed by atoms with van der Waals surface area (Å²) in [5.74, 6) is -0.0346. The van der Waals surface area contributed by atoms with E-state index in [1.807, 2.05) is 42.5 Å². The SMILES string of the molecule is COc1ccc(Cn2nnc(NC(=O)[C@H](CO)NC(=O)OCc3ccccc3)n2)cc1. The van der Waals surface area contributed by atoms with Gasteiger partial charge in [-0.05, 0) is 28.5 Å². The lowest BCUT2D eigenvalue weighted by Gasteiger charge is -2.14. The largest absolute Gasteiger partial charge is 0.497 e. The van der Waals surface area contributed by atoms with Crippen molar-refractivity contribution in [3.63, 3.8) is 0 Å². The second-order valence-corrected chi connectivity index (χ2v) is 6.42. The van der Waals surface area contributed by atoms with Gasteiger partial charge in [0.2, 0.25) is 0 Å². The molecule has 0 saturated heterocycles. The molecule has 2 amide bonds. The maximum absolute atomic E-state index is 12.3. The number of hydrogen-bond acceptors (Lipinski definition) is 8. The first-order chi connectivity index (χ1) is 15.1. The molecule has 0 radical (unpaired) electrons. The molecule has 0 aliphatic heterocycles. The molecular formula is C20H22N6O5. The Morgan fingerprint density at radius 2 is 1.84 bits per heavy atom. The molecule has 0 fully saturated rings. The number of carbonyl (C=O) groups is 2. The third-order valence-electron chi connectivity index (χ3n) is 4.17. The lowest BCUT2D eigenvalue weighted by atomic mass is 10.2. The number of benzene rings is 2. The van der Waals surface area contributed by atoms with Crippen molar-refractivity contribution < 1.29 is 24.2 Å². The average Bonchev–Trinajstić information content (AvgIpc) is 3.23. The molecule has 2 aromatic carbocycles. The van der Waals surface area contributed by atoms with Gasteiger partial charge in [0.25, 0.3) is 11.9 Å². The summed E-state index contributed by atoms with van der Waals surface area (Å²) in [4.78, 5) is 25.5. The van der Waals surface area contributed by atoms with Gasteiger partial charge >= 0.3 is 6.09 Å². The second kappa shape index (κ2) is 10.7. The summed E-state index contributed by atoms with van der Waals surface area (Å²) in [6, 6.07) is 15.2. The summed E-state index contributed by atoms with van der Waals surface area (Å²) in [6.45, 7) is -0.264. The van der Waals surface area contributed by atoms with Crippen molar-refractivity contribution in [2.24, 2.45) is 0 Å². The first kappa shape index (κ1) is 21.7. The van der Waals surface area contributed by atoms with Crippen LogP contribution in [0.1, 0.15) is 11.1 Å². The van der Waals surface area contributed by atoms with E-state index in [4.69, 9.17) is 9.47 Å². The zero-order valence-electron chi connectivity index (χ0n) is 16.8. The lowest BCUT2D eigenvalue weighted by molar-refractivity contribution is -0.119. The maximum atomic E-state index is 12.3. The molecule has 0 bridgehead atoms. The molecule has 3 N–H and O–H groups in total. The van der Waals surface area contributed by atoms with E-state index in [1.54, 1.807) is 19.2 Å². The van der Waals surface area contributed by atoms with E-state index >= 15 is 0 Å². The molecule has 11 heteroatoms. The topological polar surface area (TPSA) is 140 Å². The summed E-state index contributed by atoms with van der Waals surface area (Å²) in [5, 5.41) is 25.8. The van der Waals surface area contributed by atoms with Crippen molar-refractivity contribution in [2.75, 3.05) is 19.0 Å². The van der Waals surface area contributed by atoms with Crippen molar-refractivity contribution in [1.29, 1.82) is 0 Å². The molecule has 0 spiro atoms. The first-order valence-corrected chi connectivity index (χ1v) is 9.37. The zero-order valence-corrected chi connectivity index (χ0v) is 16.8. The van der Waals surface area contributed by atoms with Crippen molar-refractivity contribution in [2.45, 2.75) is 19.2 Å². The minimum Gasteiger partial charge on any atom is -0.497 e. The number of methoxy groups -OCH3 is 1. The highest BCUT2D eigenvalue weighted by atomic mass is 16.5. The zero-order chi connectivity index (χ0) is 22.1. The van der Waals surface area contributed by atoms with E-state index in [2.05, 4.69) is 26.0 Å². The van der Waals surface area contributed by atoms with Crippen LogP contribution in [0.25, 0.3) is 0 Å². The molecular weight excluding hydrogens is 404 g/mol. The number of rotatable bonds is 9. The number of nitrogens with zero attached hydrogens (tertiary/aromatic N) is 4. The number of aromatic nitrogens is 4. The number of amides is 2. The van der Waals surface area contributed by atoms with Crippen molar-refractivity contribution in [3.05, 3.63) is 65.7 Å². The molecule has 3 aromatic rings. The van der Waals surface area contributed by atoms with E-state index < -0.39 is 24.6 Å². The van der Waals surface area contributed by atoms with Gasteiger partial charge in [0.15, 0.2) is 0 Å². The molecule has 3 rings (SSSR count). The highest BCUT2D eigenvalue weighted by molar-refractivity contribution is 5.95. The van der Waals surface area contributed by atoms with Crippen molar-refractivity contribution >= 4 is 17.9 Å². The Morgan fingerprint density at radius 3 is 2.52 bits per heavy atom. The third-order valence-corrected chi connectivity index (χ3v) is 4.17. The number of hydrogen-bond donors (Lipinski definition) is 3. The van der Waals surface area contributed by atoms with Gasteiger partial charge in [-0.15, -0.1) is 5.10 Å². The van der Waals surface area contributed by atoms with Crippen LogP contribution in [0.15, 0.2) is 54.6 Å². The smallest absolute Gasteiger partial charge is 0.408 e. The summed E-state index contributed by atoms with van der Waals surface area (Å²) >= 11 is 0. The quantitative estimate of drug-likeness (QED) is 0.459. The monoisotopic (exact) mass is 426 g/mol. The molecule has 1 atom stereocenters. The van der Waals surface area contributed by atoms with Crippen molar-refractivity contribution in [3.8, 4) is 5.75 Å². The fourth-order valence-corrected chi connectivity index (χ4v) is 2.55. The van der Waals surface area contributed by atoms with E-state index in [9.17, 15) is 14.7 Å². The Bertz CT molecular complexity index is 993.